The van der Waals surface area contributed by atoms with E-state index in [4.69, 9.17) is 11.6 Å². The van der Waals surface area contributed by atoms with Gasteiger partial charge in [-0.2, -0.15) is 0 Å². The van der Waals surface area contributed by atoms with Gasteiger partial charge in [-0.05, 0) is 58.4 Å². The number of hydrogen-bond donors (Lipinski definition) is 1. The molecule has 1 saturated heterocycles. The van der Waals surface area contributed by atoms with Crippen LogP contribution in [0.25, 0.3) is 5.57 Å². The van der Waals surface area contributed by atoms with Gasteiger partial charge < -0.3 is 5.32 Å². The summed E-state index contributed by atoms with van der Waals surface area (Å²) >= 11 is 9.39. The number of allylic oxidation sites excluding steroid dienone is 1. The Hall–Kier alpha value is -0.380. The predicted octanol–water partition coefficient (Wildman–Crippen LogP) is 3.26. The minimum Gasteiger partial charge on any atom is -0.310 e. The first-order valence-electron chi connectivity index (χ1n) is 5.50. The highest BCUT2D eigenvalue weighted by molar-refractivity contribution is 9.10. The van der Waals surface area contributed by atoms with E-state index in [-0.39, 0.29) is 0 Å². The smallest absolute Gasteiger partial charge is 0.124 e. The molecule has 1 aliphatic heterocycles. The molecule has 1 N–H and O–H groups in total. The number of halogens is 2. The molecule has 4 heteroatoms. The number of fused-ring (bicyclic) bond motifs is 1. The highest BCUT2D eigenvalue weighted by atomic mass is 79.9. The Morgan fingerprint density at radius 1 is 1.50 bits per heavy atom. The maximum atomic E-state index is 6.08. The molecule has 0 aromatic carbocycles. The fourth-order valence-electron chi connectivity index (χ4n) is 2.66. The predicted molar refractivity (Wildman–Crippen MR) is 69.4 cm³/mol. The van der Waals surface area contributed by atoms with Gasteiger partial charge in [-0.15, -0.1) is 0 Å². The third kappa shape index (κ3) is 1.71. The molecule has 1 aromatic heterocycles. The quantitative estimate of drug-likeness (QED) is 0.805. The molecular weight excluding hydrogens is 288 g/mol. The summed E-state index contributed by atoms with van der Waals surface area (Å²) in [5, 5.41) is 4.23. The van der Waals surface area contributed by atoms with Crippen molar-refractivity contribution in [1.29, 1.82) is 0 Å². The van der Waals surface area contributed by atoms with Gasteiger partial charge in [-0.1, -0.05) is 17.7 Å². The van der Waals surface area contributed by atoms with Crippen molar-refractivity contribution in [3.63, 3.8) is 0 Å². The normalized spacial score (nSPS) is 28.0. The van der Waals surface area contributed by atoms with Crippen molar-refractivity contribution in [2.24, 2.45) is 5.92 Å². The van der Waals surface area contributed by atoms with E-state index in [1.54, 1.807) is 0 Å². The Kier molecular flexibility index (Phi) is 2.78. The van der Waals surface area contributed by atoms with Gasteiger partial charge >= 0.3 is 0 Å². The van der Waals surface area contributed by atoms with Crippen molar-refractivity contribution in [3.05, 3.63) is 33.5 Å². The maximum Gasteiger partial charge on any atom is 0.124 e. The number of rotatable bonds is 1. The molecule has 2 atom stereocenters. The molecule has 2 aliphatic rings. The Balaban J connectivity index is 1.95. The molecule has 0 amide bonds. The molecule has 2 heterocycles. The standard InChI is InChI=1S/C12H12BrClN2/c13-12-10(14)5-8(6-16-12)9-2-1-7-3-4-15-11(7)9/h2,5-7,11,15H,1,3-4H2/t7-,11+/m1/s1. The van der Waals surface area contributed by atoms with Gasteiger partial charge in [0.2, 0.25) is 0 Å². The van der Waals surface area contributed by atoms with Crippen molar-refractivity contribution < 1.29 is 0 Å². The Morgan fingerprint density at radius 2 is 2.38 bits per heavy atom. The van der Waals surface area contributed by atoms with Crippen LogP contribution in [-0.2, 0) is 0 Å². The minimum absolute atomic E-state index is 0.513. The van der Waals surface area contributed by atoms with Crippen LogP contribution in [0, 0.1) is 5.92 Å². The first-order chi connectivity index (χ1) is 7.75. The van der Waals surface area contributed by atoms with Crippen molar-refractivity contribution in [1.82, 2.24) is 10.3 Å². The monoisotopic (exact) mass is 298 g/mol. The van der Waals surface area contributed by atoms with Crippen LogP contribution in [0.1, 0.15) is 18.4 Å². The first kappa shape index (κ1) is 10.8. The second-order valence-electron chi connectivity index (χ2n) is 4.37. The highest BCUT2D eigenvalue weighted by Gasteiger charge is 2.34. The fourth-order valence-corrected chi connectivity index (χ4v) is 3.04. The van der Waals surface area contributed by atoms with Crippen molar-refractivity contribution in [2.45, 2.75) is 18.9 Å². The van der Waals surface area contributed by atoms with Gasteiger partial charge in [0, 0.05) is 12.2 Å². The molecule has 2 nitrogen and oxygen atoms in total. The number of hydrogen-bond acceptors (Lipinski definition) is 2. The van der Waals surface area contributed by atoms with E-state index in [9.17, 15) is 0 Å². The molecule has 1 fully saturated rings. The van der Waals surface area contributed by atoms with Crippen LogP contribution in [0.4, 0.5) is 0 Å². The largest absolute Gasteiger partial charge is 0.310 e. The summed E-state index contributed by atoms with van der Waals surface area (Å²) in [6.45, 7) is 1.13. The van der Waals surface area contributed by atoms with Crippen LogP contribution >= 0.6 is 27.5 Å². The van der Waals surface area contributed by atoms with Gasteiger partial charge in [-0.25, -0.2) is 4.98 Å². The van der Waals surface area contributed by atoms with Crippen molar-refractivity contribution in [3.8, 4) is 0 Å². The van der Waals surface area contributed by atoms with E-state index in [0.717, 1.165) is 18.0 Å². The lowest BCUT2D eigenvalue weighted by molar-refractivity contribution is 0.557. The summed E-state index contributed by atoms with van der Waals surface area (Å²) in [4.78, 5) is 4.25. The van der Waals surface area contributed by atoms with Crippen molar-refractivity contribution in [2.75, 3.05) is 6.54 Å². The van der Waals surface area contributed by atoms with Gasteiger partial charge in [0.15, 0.2) is 0 Å². The molecule has 0 spiro atoms. The number of nitrogens with zero attached hydrogens (tertiary/aromatic N) is 1. The molecule has 0 unspecified atom stereocenters. The van der Waals surface area contributed by atoms with Crippen LogP contribution in [0.2, 0.25) is 5.02 Å². The van der Waals surface area contributed by atoms with Gasteiger partial charge in [0.05, 0.1) is 5.02 Å². The van der Waals surface area contributed by atoms with Crippen molar-refractivity contribution >= 4 is 33.1 Å². The van der Waals surface area contributed by atoms with E-state index < -0.39 is 0 Å². The van der Waals surface area contributed by atoms with Crippen LogP contribution in [-0.4, -0.2) is 17.6 Å². The lowest BCUT2D eigenvalue weighted by atomic mass is 9.97. The number of nitrogens with one attached hydrogen (secondary N) is 1. The molecule has 0 saturated carbocycles. The lowest BCUT2D eigenvalue weighted by Gasteiger charge is -2.15. The molecular formula is C12H12BrClN2. The van der Waals surface area contributed by atoms with E-state index in [2.05, 4.69) is 32.3 Å². The molecule has 16 heavy (non-hydrogen) atoms. The molecule has 84 valence electrons. The molecule has 1 aliphatic carbocycles. The average molecular weight is 300 g/mol. The van der Waals surface area contributed by atoms with Crippen LogP contribution < -0.4 is 5.32 Å². The molecule has 0 bridgehead atoms. The molecule has 1 aromatic rings. The average Bonchev–Trinajstić information content (AvgIpc) is 2.83. The third-order valence-electron chi connectivity index (χ3n) is 3.46. The second kappa shape index (κ2) is 4.13. The van der Waals surface area contributed by atoms with Crippen LogP contribution in [0.15, 0.2) is 22.9 Å². The van der Waals surface area contributed by atoms with E-state index in [0.29, 0.717) is 15.7 Å². The zero-order valence-electron chi connectivity index (χ0n) is 8.71. The summed E-state index contributed by atoms with van der Waals surface area (Å²) in [6.07, 6.45) is 6.68. The Bertz CT molecular complexity index is 458. The number of pyridine rings is 1. The summed E-state index contributed by atoms with van der Waals surface area (Å²) in [7, 11) is 0. The fraction of sp³-hybridized carbons (Fsp3) is 0.417. The summed E-state index contributed by atoms with van der Waals surface area (Å²) in [5.41, 5.74) is 2.51. The zero-order valence-corrected chi connectivity index (χ0v) is 11.1. The lowest BCUT2D eigenvalue weighted by Crippen LogP contribution is -2.24. The zero-order chi connectivity index (χ0) is 11.1. The Labute approximate surface area is 108 Å². The van der Waals surface area contributed by atoms with E-state index in [1.165, 1.54) is 18.4 Å². The Morgan fingerprint density at radius 3 is 3.19 bits per heavy atom. The molecule has 0 radical (unpaired) electrons. The SMILES string of the molecule is Clc1cc(C2=CC[C@@H]3CCN[C@H]23)cnc1Br. The molecule has 3 rings (SSSR count). The van der Waals surface area contributed by atoms with Gasteiger partial charge in [-0.3, -0.25) is 0 Å². The highest BCUT2D eigenvalue weighted by Crippen LogP contribution is 2.38. The van der Waals surface area contributed by atoms with Crippen LogP contribution in [0.3, 0.4) is 0 Å². The topological polar surface area (TPSA) is 24.9 Å². The number of aromatic nitrogens is 1. The second-order valence-corrected chi connectivity index (χ2v) is 5.53. The maximum absolute atomic E-state index is 6.08. The first-order valence-corrected chi connectivity index (χ1v) is 6.67. The summed E-state index contributed by atoms with van der Waals surface area (Å²) < 4.78 is 0.715. The minimum atomic E-state index is 0.513. The van der Waals surface area contributed by atoms with E-state index in [1.807, 2.05) is 12.3 Å². The van der Waals surface area contributed by atoms with Gasteiger partial charge in [0.25, 0.3) is 0 Å². The summed E-state index contributed by atoms with van der Waals surface area (Å²) in [5.74, 6) is 0.775. The third-order valence-corrected chi connectivity index (χ3v) is 4.60. The van der Waals surface area contributed by atoms with Gasteiger partial charge in [0.1, 0.15) is 4.60 Å². The van der Waals surface area contributed by atoms with Crippen LogP contribution in [0.5, 0.6) is 0 Å². The summed E-state index contributed by atoms with van der Waals surface area (Å²) in [6, 6.07) is 2.51. The van der Waals surface area contributed by atoms with E-state index >= 15 is 0 Å².